The van der Waals surface area contributed by atoms with Crippen LogP contribution in [0.15, 0.2) is 16.3 Å². The lowest BCUT2D eigenvalue weighted by Gasteiger charge is -2.26. The van der Waals surface area contributed by atoms with E-state index in [2.05, 4.69) is 4.72 Å². The number of rotatable bonds is 6. The number of aliphatic hydroxyl groups excluding tert-OH is 1. The van der Waals surface area contributed by atoms with Crippen LogP contribution in [-0.2, 0) is 10.0 Å². The molecular weight excluding hydrogens is 302 g/mol. The SMILES string of the molecule is O=C(O)c1ccc(S(=O)(=O)NCC2(CO)CCCC2)s1. The van der Waals surface area contributed by atoms with Gasteiger partial charge in [-0.15, -0.1) is 11.3 Å². The Labute approximate surface area is 121 Å². The van der Waals surface area contributed by atoms with Crippen molar-refractivity contribution in [1.29, 1.82) is 0 Å². The Balaban J connectivity index is 2.08. The number of sulfonamides is 1. The van der Waals surface area contributed by atoms with Gasteiger partial charge in [0.1, 0.15) is 9.09 Å². The van der Waals surface area contributed by atoms with Crippen molar-refractivity contribution in [2.45, 2.75) is 29.9 Å². The highest BCUT2D eigenvalue weighted by Crippen LogP contribution is 2.37. The summed E-state index contributed by atoms with van der Waals surface area (Å²) >= 11 is 0.724. The molecule has 0 aromatic carbocycles. The van der Waals surface area contributed by atoms with Crippen LogP contribution >= 0.6 is 11.3 Å². The molecule has 1 saturated carbocycles. The second-order valence-electron chi connectivity index (χ2n) is 5.11. The summed E-state index contributed by atoms with van der Waals surface area (Å²) in [5.41, 5.74) is -0.375. The van der Waals surface area contributed by atoms with Gasteiger partial charge in [0.25, 0.3) is 0 Å². The minimum Gasteiger partial charge on any atom is -0.477 e. The van der Waals surface area contributed by atoms with Gasteiger partial charge in [-0.2, -0.15) is 0 Å². The molecule has 20 heavy (non-hydrogen) atoms. The largest absolute Gasteiger partial charge is 0.477 e. The summed E-state index contributed by atoms with van der Waals surface area (Å²) in [4.78, 5) is 10.8. The highest BCUT2D eigenvalue weighted by molar-refractivity contribution is 7.91. The first-order valence-electron chi connectivity index (χ1n) is 6.32. The van der Waals surface area contributed by atoms with Gasteiger partial charge in [-0.25, -0.2) is 17.9 Å². The molecule has 1 heterocycles. The molecule has 1 fully saturated rings. The summed E-state index contributed by atoms with van der Waals surface area (Å²) in [5.74, 6) is -1.14. The number of carboxylic acids is 1. The molecule has 0 bridgehead atoms. The van der Waals surface area contributed by atoms with E-state index in [0.717, 1.165) is 37.0 Å². The number of aromatic carboxylic acids is 1. The molecule has 1 aliphatic carbocycles. The Hall–Kier alpha value is -0.960. The van der Waals surface area contributed by atoms with E-state index in [1.807, 2.05) is 0 Å². The zero-order valence-corrected chi connectivity index (χ0v) is 12.5. The third-order valence-corrected chi connectivity index (χ3v) is 6.66. The van der Waals surface area contributed by atoms with Gasteiger partial charge in [-0.1, -0.05) is 12.8 Å². The predicted octanol–water partition coefficient (Wildman–Crippen LogP) is 1.28. The Morgan fingerprint density at radius 2 is 2.00 bits per heavy atom. The quantitative estimate of drug-likeness (QED) is 0.733. The van der Waals surface area contributed by atoms with Crippen molar-refractivity contribution in [3.63, 3.8) is 0 Å². The summed E-state index contributed by atoms with van der Waals surface area (Å²) in [7, 11) is -3.71. The fraction of sp³-hybridized carbons (Fsp3) is 0.583. The molecule has 8 heteroatoms. The highest BCUT2D eigenvalue weighted by Gasteiger charge is 2.34. The number of carbonyl (C=O) groups is 1. The van der Waals surface area contributed by atoms with Crippen molar-refractivity contribution in [2.75, 3.05) is 13.2 Å². The first-order valence-corrected chi connectivity index (χ1v) is 8.62. The number of carboxylic acid groups (broad SMARTS) is 1. The standard InChI is InChI=1S/C12H17NO5S2/c14-8-12(5-1-2-6-12)7-13-20(17,18)10-4-3-9(19-10)11(15)16/h3-4,13-14H,1-2,5-8H2,(H,15,16). The van der Waals surface area contributed by atoms with Crippen LogP contribution < -0.4 is 4.72 Å². The van der Waals surface area contributed by atoms with E-state index < -0.39 is 16.0 Å². The second kappa shape index (κ2) is 5.80. The normalized spacial score (nSPS) is 18.2. The summed E-state index contributed by atoms with van der Waals surface area (Å²) in [6.45, 7) is 0.145. The van der Waals surface area contributed by atoms with Crippen LogP contribution in [0.25, 0.3) is 0 Å². The van der Waals surface area contributed by atoms with Gasteiger partial charge in [-0.3, -0.25) is 0 Å². The molecule has 0 spiro atoms. The van der Waals surface area contributed by atoms with Crippen molar-refractivity contribution in [3.8, 4) is 0 Å². The van der Waals surface area contributed by atoms with Gasteiger partial charge >= 0.3 is 5.97 Å². The van der Waals surface area contributed by atoms with Gasteiger partial charge < -0.3 is 10.2 Å². The third-order valence-electron chi connectivity index (χ3n) is 3.69. The zero-order chi connectivity index (χ0) is 14.8. The fourth-order valence-electron chi connectivity index (χ4n) is 2.41. The van der Waals surface area contributed by atoms with Crippen molar-refractivity contribution >= 4 is 27.3 Å². The molecule has 0 amide bonds. The molecule has 0 aliphatic heterocycles. The molecular formula is C12H17NO5S2. The van der Waals surface area contributed by atoms with Crippen LogP contribution in [0.3, 0.4) is 0 Å². The number of thiophene rings is 1. The topological polar surface area (TPSA) is 104 Å². The van der Waals surface area contributed by atoms with Crippen molar-refractivity contribution < 1.29 is 23.4 Å². The molecule has 3 N–H and O–H groups in total. The molecule has 112 valence electrons. The van der Waals surface area contributed by atoms with Crippen molar-refractivity contribution in [2.24, 2.45) is 5.41 Å². The smallest absolute Gasteiger partial charge is 0.345 e. The highest BCUT2D eigenvalue weighted by atomic mass is 32.2. The van der Waals surface area contributed by atoms with E-state index in [1.165, 1.54) is 12.1 Å². The zero-order valence-electron chi connectivity index (χ0n) is 10.8. The molecule has 0 unspecified atom stereocenters. The van der Waals surface area contributed by atoms with E-state index in [1.54, 1.807) is 0 Å². The lowest BCUT2D eigenvalue weighted by molar-refractivity contribution is 0.0702. The summed E-state index contributed by atoms with van der Waals surface area (Å²) in [6, 6.07) is 2.57. The first kappa shape index (κ1) is 15.4. The fourth-order valence-corrected chi connectivity index (χ4v) is 4.76. The lowest BCUT2D eigenvalue weighted by Crippen LogP contribution is -2.38. The summed E-state index contributed by atoms with van der Waals surface area (Å²) < 4.78 is 26.7. The summed E-state index contributed by atoms with van der Waals surface area (Å²) in [6.07, 6.45) is 3.59. The van der Waals surface area contributed by atoms with Crippen molar-refractivity contribution in [3.05, 3.63) is 17.0 Å². The Morgan fingerprint density at radius 1 is 1.35 bits per heavy atom. The predicted molar refractivity (Wildman–Crippen MR) is 74.5 cm³/mol. The van der Waals surface area contributed by atoms with E-state index >= 15 is 0 Å². The monoisotopic (exact) mass is 319 g/mol. The molecule has 0 saturated heterocycles. The average Bonchev–Trinajstić information content (AvgIpc) is 3.07. The molecule has 2 rings (SSSR count). The lowest BCUT2D eigenvalue weighted by atomic mass is 9.88. The summed E-state index contributed by atoms with van der Waals surface area (Å²) in [5, 5.41) is 18.3. The molecule has 1 aromatic rings. The maximum Gasteiger partial charge on any atom is 0.345 e. The number of hydrogen-bond acceptors (Lipinski definition) is 5. The number of hydrogen-bond donors (Lipinski definition) is 3. The maximum absolute atomic E-state index is 12.1. The number of aliphatic hydroxyl groups is 1. The van der Waals surface area contributed by atoms with Gasteiger partial charge in [-0.05, 0) is 25.0 Å². The van der Waals surface area contributed by atoms with Crippen LogP contribution in [-0.4, -0.2) is 37.8 Å². The van der Waals surface area contributed by atoms with Crippen LogP contribution in [0.5, 0.6) is 0 Å². The molecule has 0 atom stereocenters. The molecule has 0 radical (unpaired) electrons. The Morgan fingerprint density at radius 3 is 2.50 bits per heavy atom. The van der Waals surface area contributed by atoms with Crippen LogP contribution in [0.4, 0.5) is 0 Å². The maximum atomic E-state index is 12.1. The van der Waals surface area contributed by atoms with E-state index in [4.69, 9.17) is 5.11 Å². The van der Waals surface area contributed by atoms with E-state index in [9.17, 15) is 18.3 Å². The third kappa shape index (κ3) is 3.20. The molecule has 1 aromatic heterocycles. The van der Waals surface area contributed by atoms with Gasteiger partial charge in [0.2, 0.25) is 10.0 Å². The van der Waals surface area contributed by atoms with E-state index in [-0.39, 0.29) is 27.7 Å². The Bertz CT molecular complexity index is 587. The minimum absolute atomic E-state index is 0.0110. The van der Waals surface area contributed by atoms with Crippen molar-refractivity contribution in [1.82, 2.24) is 4.72 Å². The van der Waals surface area contributed by atoms with Gasteiger partial charge in [0.15, 0.2) is 0 Å². The van der Waals surface area contributed by atoms with Gasteiger partial charge in [0.05, 0.1) is 0 Å². The second-order valence-corrected chi connectivity index (χ2v) is 8.19. The molecule has 1 aliphatic rings. The van der Waals surface area contributed by atoms with Crippen LogP contribution in [0.1, 0.15) is 35.4 Å². The first-order chi connectivity index (χ1) is 9.38. The van der Waals surface area contributed by atoms with Gasteiger partial charge in [0, 0.05) is 18.6 Å². The van der Waals surface area contributed by atoms with Crippen LogP contribution in [0.2, 0.25) is 0 Å². The van der Waals surface area contributed by atoms with E-state index in [0.29, 0.717) is 0 Å². The average molecular weight is 319 g/mol. The molecule has 6 nitrogen and oxygen atoms in total. The van der Waals surface area contributed by atoms with Crippen LogP contribution in [0, 0.1) is 5.41 Å². The minimum atomic E-state index is -3.71. The number of nitrogens with one attached hydrogen (secondary N) is 1. The Kier molecular flexibility index (Phi) is 4.48.